The summed E-state index contributed by atoms with van der Waals surface area (Å²) >= 11 is 5.96. The second-order valence-electron chi connectivity index (χ2n) is 6.55. The molecule has 0 spiro atoms. The molecule has 3 heterocycles. The third kappa shape index (κ3) is 5.52. The highest BCUT2D eigenvalue weighted by atomic mass is 35.5. The summed E-state index contributed by atoms with van der Waals surface area (Å²) in [5.74, 6) is 1.53. The molecule has 0 saturated carbocycles. The molecule has 10 heteroatoms. The van der Waals surface area contributed by atoms with Crippen molar-refractivity contribution in [3.8, 4) is 0 Å². The minimum atomic E-state index is -2.89. The molecule has 0 radical (unpaired) electrons. The van der Waals surface area contributed by atoms with Gasteiger partial charge in [-0.25, -0.2) is 27.2 Å². The smallest absolute Gasteiger partial charge is 0.238 e. The molecule has 2 N–H and O–H groups in total. The lowest BCUT2D eigenvalue weighted by Crippen LogP contribution is -2.34. The quantitative estimate of drug-likeness (QED) is 0.861. The van der Waals surface area contributed by atoms with Crippen molar-refractivity contribution in [3.05, 3.63) is 17.2 Å². The van der Waals surface area contributed by atoms with Crippen LogP contribution in [0.5, 0.6) is 0 Å². The van der Waals surface area contributed by atoms with E-state index in [0.717, 1.165) is 38.2 Å². The van der Waals surface area contributed by atoms with E-state index in [-0.39, 0.29) is 5.95 Å². The van der Waals surface area contributed by atoms with Gasteiger partial charge in [-0.2, -0.15) is 0 Å². The molecule has 0 bridgehead atoms. The largest absolute Gasteiger partial charge is 0.367 e. The number of sulfonamides is 1. The van der Waals surface area contributed by atoms with E-state index < -0.39 is 10.0 Å². The van der Waals surface area contributed by atoms with Gasteiger partial charge >= 0.3 is 0 Å². The highest BCUT2D eigenvalue weighted by Gasteiger charge is 2.18. The van der Waals surface area contributed by atoms with Gasteiger partial charge in [-0.1, -0.05) is 31.9 Å². The molecule has 140 valence electrons. The Kier molecular flexibility index (Phi) is 6.59. The van der Waals surface area contributed by atoms with E-state index in [4.69, 9.17) is 17.3 Å². The molecular formula is C15H25ClN6O2S. The molecule has 3 rings (SSSR count). The zero-order chi connectivity index (χ0) is 18.6. The average Bonchev–Trinajstić information content (AvgIpc) is 2.83. The van der Waals surface area contributed by atoms with Crippen LogP contribution in [0.25, 0.3) is 5.52 Å². The van der Waals surface area contributed by atoms with E-state index in [2.05, 4.69) is 28.9 Å². The number of piperidine rings is 1. The molecule has 25 heavy (non-hydrogen) atoms. The Balaban J connectivity index is 0.000000196. The lowest BCUT2D eigenvalue weighted by atomic mass is 10.1. The van der Waals surface area contributed by atoms with Crippen LogP contribution in [0.1, 0.15) is 38.9 Å². The van der Waals surface area contributed by atoms with Crippen LogP contribution in [0.3, 0.4) is 0 Å². The number of anilines is 1. The molecule has 2 aromatic rings. The molecule has 1 aliphatic heterocycles. The number of rotatable bonds is 3. The van der Waals surface area contributed by atoms with Gasteiger partial charge in [0.05, 0.1) is 12.5 Å². The minimum absolute atomic E-state index is 0.224. The molecular weight excluding hydrogens is 364 g/mol. The standard InChI is InChI=1S/C9H12ClN5.C6H13NO2S/c1-5(2)3-7-13-8(10)6-4-12-9(11)14-15(6)7;1-10(8,9)7-5-3-2-4-6-7/h4-5H,3H2,1-2H3,(H2,11,14);2-6H2,1H3. The van der Waals surface area contributed by atoms with Crippen molar-refractivity contribution in [1.82, 2.24) is 23.9 Å². The van der Waals surface area contributed by atoms with Gasteiger partial charge in [-0.15, -0.1) is 5.10 Å². The van der Waals surface area contributed by atoms with Crippen molar-refractivity contribution >= 4 is 33.1 Å². The van der Waals surface area contributed by atoms with E-state index in [9.17, 15) is 8.42 Å². The predicted molar refractivity (Wildman–Crippen MR) is 99.0 cm³/mol. The Bertz CT molecular complexity index is 815. The molecule has 2 aromatic heterocycles. The van der Waals surface area contributed by atoms with Gasteiger partial charge < -0.3 is 5.73 Å². The maximum absolute atomic E-state index is 10.9. The van der Waals surface area contributed by atoms with Crippen molar-refractivity contribution in [2.75, 3.05) is 25.1 Å². The molecule has 0 amide bonds. The fraction of sp³-hybridized carbons (Fsp3) is 0.667. The molecule has 0 aromatic carbocycles. The number of hydrogen-bond donors (Lipinski definition) is 1. The molecule has 1 fully saturated rings. The molecule has 0 unspecified atom stereocenters. The zero-order valence-corrected chi connectivity index (χ0v) is 16.4. The van der Waals surface area contributed by atoms with Crippen molar-refractivity contribution in [2.24, 2.45) is 5.92 Å². The zero-order valence-electron chi connectivity index (χ0n) is 14.8. The summed E-state index contributed by atoms with van der Waals surface area (Å²) in [7, 11) is -2.89. The second kappa shape index (κ2) is 8.29. The van der Waals surface area contributed by atoms with Crippen LogP contribution in [0, 0.1) is 5.92 Å². The molecule has 1 aliphatic rings. The highest BCUT2D eigenvalue weighted by molar-refractivity contribution is 7.88. The van der Waals surface area contributed by atoms with Gasteiger partial charge in [0.25, 0.3) is 0 Å². The number of fused-ring (bicyclic) bond motifs is 1. The van der Waals surface area contributed by atoms with Gasteiger partial charge in [0.15, 0.2) is 5.15 Å². The maximum atomic E-state index is 10.9. The second-order valence-corrected chi connectivity index (χ2v) is 8.89. The number of nitrogens with zero attached hydrogens (tertiary/aromatic N) is 5. The van der Waals surface area contributed by atoms with Crippen molar-refractivity contribution < 1.29 is 8.42 Å². The number of aromatic nitrogens is 4. The summed E-state index contributed by atoms with van der Waals surface area (Å²) in [5.41, 5.74) is 6.21. The SMILES string of the molecule is CC(C)Cc1nc(Cl)c2cnc(N)nn12.CS(=O)(=O)N1CCCCC1. The van der Waals surface area contributed by atoms with Gasteiger partial charge in [0.1, 0.15) is 11.3 Å². The summed E-state index contributed by atoms with van der Waals surface area (Å²) in [5, 5.41) is 4.51. The van der Waals surface area contributed by atoms with E-state index >= 15 is 0 Å². The summed E-state index contributed by atoms with van der Waals surface area (Å²) in [6.07, 6.45) is 6.89. The lowest BCUT2D eigenvalue weighted by Gasteiger charge is -2.23. The van der Waals surface area contributed by atoms with E-state index in [0.29, 0.717) is 16.6 Å². The van der Waals surface area contributed by atoms with E-state index in [1.807, 2.05) is 0 Å². The minimum Gasteiger partial charge on any atom is -0.367 e. The van der Waals surface area contributed by atoms with Crippen LogP contribution in [0.2, 0.25) is 5.15 Å². The fourth-order valence-corrected chi connectivity index (χ4v) is 3.76. The van der Waals surface area contributed by atoms with Gasteiger partial charge in [0.2, 0.25) is 16.0 Å². The summed E-state index contributed by atoms with van der Waals surface area (Å²) in [6, 6.07) is 0. The first kappa shape index (κ1) is 19.9. The number of nitrogens with two attached hydrogens (primary N) is 1. The number of nitrogen functional groups attached to an aromatic ring is 1. The molecule has 0 atom stereocenters. The Hall–Kier alpha value is -1.45. The average molecular weight is 389 g/mol. The van der Waals surface area contributed by atoms with Crippen LogP contribution in [-0.2, 0) is 16.4 Å². The summed E-state index contributed by atoms with van der Waals surface area (Å²) < 4.78 is 25.0. The van der Waals surface area contributed by atoms with Crippen molar-refractivity contribution in [1.29, 1.82) is 0 Å². The predicted octanol–water partition coefficient (Wildman–Crippen LogP) is 1.99. The first-order valence-corrected chi connectivity index (χ1v) is 10.5. The maximum Gasteiger partial charge on any atom is 0.238 e. The van der Waals surface area contributed by atoms with Gasteiger partial charge in [-0.05, 0) is 18.8 Å². The Morgan fingerprint density at radius 2 is 1.92 bits per heavy atom. The Labute approximate surface area is 153 Å². The first-order chi connectivity index (χ1) is 11.7. The number of hydrogen-bond acceptors (Lipinski definition) is 6. The normalized spacial score (nSPS) is 16.0. The fourth-order valence-electron chi connectivity index (χ4n) is 2.61. The lowest BCUT2D eigenvalue weighted by molar-refractivity contribution is 0.349. The highest BCUT2D eigenvalue weighted by Crippen LogP contribution is 2.18. The summed E-state index contributed by atoms with van der Waals surface area (Å²) in [6.45, 7) is 5.66. The van der Waals surface area contributed by atoms with E-state index in [1.165, 1.54) is 12.7 Å². The van der Waals surface area contributed by atoms with Gasteiger partial charge in [-0.3, -0.25) is 0 Å². The van der Waals surface area contributed by atoms with Crippen LogP contribution in [-0.4, -0.2) is 51.7 Å². The van der Waals surface area contributed by atoms with Crippen LogP contribution in [0.15, 0.2) is 6.20 Å². The first-order valence-electron chi connectivity index (χ1n) is 8.29. The van der Waals surface area contributed by atoms with Crippen molar-refractivity contribution in [3.63, 3.8) is 0 Å². The van der Waals surface area contributed by atoms with Crippen LogP contribution in [0.4, 0.5) is 5.95 Å². The van der Waals surface area contributed by atoms with Crippen molar-refractivity contribution in [2.45, 2.75) is 39.5 Å². The molecule has 0 aliphatic carbocycles. The van der Waals surface area contributed by atoms with Crippen LogP contribution >= 0.6 is 11.6 Å². The van der Waals surface area contributed by atoms with E-state index in [1.54, 1.807) is 15.0 Å². The third-order valence-corrected chi connectivity index (χ3v) is 5.39. The number of imidazole rings is 1. The Morgan fingerprint density at radius 3 is 2.44 bits per heavy atom. The summed E-state index contributed by atoms with van der Waals surface area (Å²) in [4.78, 5) is 8.12. The Morgan fingerprint density at radius 1 is 1.28 bits per heavy atom. The topological polar surface area (TPSA) is 106 Å². The van der Waals surface area contributed by atoms with Crippen LogP contribution < -0.4 is 5.73 Å². The molecule has 1 saturated heterocycles. The molecule has 8 nitrogen and oxygen atoms in total. The number of halogens is 1. The monoisotopic (exact) mass is 388 g/mol. The third-order valence-electron chi connectivity index (χ3n) is 3.81. The van der Waals surface area contributed by atoms with Gasteiger partial charge in [0, 0.05) is 19.5 Å².